The minimum absolute atomic E-state index is 0. The molecule has 4 N–H and O–H groups in total. The normalized spacial score (nSPS) is 11.8. The largest absolute Gasteiger partial charge is 0.494 e. The standard InChI is InChI=1S/C18H23N3O4S.ClH/c1-3-26(23,24)21-16-10-9-14(11-17(16)25-2)20-18(22)12-15(19)13-7-5-4-6-8-13;/h4-11,15,21H,3,12,19H2,1-2H3,(H,20,22);1H. The van der Waals surface area contributed by atoms with Crippen molar-refractivity contribution in [3.05, 3.63) is 54.1 Å². The minimum atomic E-state index is -3.42. The SMILES string of the molecule is CCS(=O)(=O)Nc1ccc(NC(=O)CC(N)c2ccccc2)cc1OC.Cl. The highest BCUT2D eigenvalue weighted by Crippen LogP contribution is 2.29. The topological polar surface area (TPSA) is 111 Å². The Morgan fingerprint density at radius 2 is 1.85 bits per heavy atom. The summed E-state index contributed by atoms with van der Waals surface area (Å²) >= 11 is 0. The third-order valence-electron chi connectivity index (χ3n) is 3.76. The number of hydrogen-bond acceptors (Lipinski definition) is 5. The summed E-state index contributed by atoms with van der Waals surface area (Å²) < 4.78 is 31.1. The minimum Gasteiger partial charge on any atom is -0.494 e. The predicted molar refractivity (Wildman–Crippen MR) is 110 cm³/mol. The van der Waals surface area contributed by atoms with E-state index < -0.39 is 16.1 Å². The first-order valence-corrected chi connectivity index (χ1v) is 9.78. The molecule has 1 amide bonds. The summed E-state index contributed by atoms with van der Waals surface area (Å²) in [5.74, 6) is 0.0175. The van der Waals surface area contributed by atoms with Crippen LogP contribution in [0.1, 0.15) is 24.9 Å². The summed E-state index contributed by atoms with van der Waals surface area (Å²) in [6.45, 7) is 1.54. The van der Waals surface area contributed by atoms with Gasteiger partial charge in [0.1, 0.15) is 5.75 Å². The zero-order valence-electron chi connectivity index (χ0n) is 15.1. The lowest BCUT2D eigenvalue weighted by Crippen LogP contribution is -2.20. The lowest BCUT2D eigenvalue weighted by Gasteiger charge is -2.14. The van der Waals surface area contributed by atoms with Crippen molar-refractivity contribution < 1.29 is 17.9 Å². The summed E-state index contributed by atoms with van der Waals surface area (Å²) in [4.78, 5) is 12.2. The van der Waals surface area contributed by atoms with Gasteiger partial charge in [0.15, 0.2) is 0 Å². The Hall–Kier alpha value is -2.29. The number of hydrogen-bond donors (Lipinski definition) is 3. The van der Waals surface area contributed by atoms with Crippen molar-refractivity contribution in [3.63, 3.8) is 0 Å². The van der Waals surface area contributed by atoms with Crippen LogP contribution in [0.4, 0.5) is 11.4 Å². The first-order valence-electron chi connectivity index (χ1n) is 8.13. The molecule has 1 atom stereocenters. The van der Waals surface area contributed by atoms with Crippen LogP contribution < -0.4 is 20.5 Å². The Kier molecular flexibility index (Phi) is 8.55. The van der Waals surface area contributed by atoms with Gasteiger partial charge in [-0.25, -0.2) is 8.42 Å². The van der Waals surface area contributed by atoms with Crippen molar-refractivity contribution in [3.8, 4) is 5.75 Å². The van der Waals surface area contributed by atoms with Crippen LogP contribution in [0.15, 0.2) is 48.5 Å². The van der Waals surface area contributed by atoms with Crippen molar-refractivity contribution in [1.29, 1.82) is 0 Å². The van der Waals surface area contributed by atoms with E-state index >= 15 is 0 Å². The molecule has 2 aromatic carbocycles. The van der Waals surface area contributed by atoms with Gasteiger partial charge in [-0.1, -0.05) is 30.3 Å². The molecule has 148 valence electrons. The maximum absolute atomic E-state index is 12.2. The lowest BCUT2D eigenvalue weighted by atomic mass is 10.0. The van der Waals surface area contributed by atoms with Crippen LogP contribution in [0.25, 0.3) is 0 Å². The fraction of sp³-hybridized carbons (Fsp3) is 0.278. The third kappa shape index (κ3) is 6.74. The molecule has 0 heterocycles. The number of nitrogens with one attached hydrogen (secondary N) is 2. The molecule has 2 aromatic rings. The van der Waals surface area contributed by atoms with Crippen LogP contribution in [-0.2, 0) is 14.8 Å². The van der Waals surface area contributed by atoms with Crippen LogP contribution in [0, 0.1) is 0 Å². The summed E-state index contributed by atoms with van der Waals surface area (Å²) in [6, 6.07) is 13.7. The van der Waals surface area contributed by atoms with Crippen LogP contribution in [0.3, 0.4) is 0 Å². The van der Waals surface area contributed by atoms with Crippen molar-refractivity contribution >= 4 is 39.7 Å². The molecule has 2 rings (SSSR count). The average Bonchev–Trinajstić information content (AvgIpc) is 2.63. The second-order valence-corrected chi connectivity index (χ2v) is 7.70. The van der Waals surface area contributed by atoms with Crippen LogP contribution in [-0.4, -0.2) is 27.2 Å². The Morgan fingerprint density at radius 3 is 2.44 bits per heavy atom. The highest BCUT2D eigenvalue weighted by Gasteiger charge is 2.14. The van der Waals surface area contributed by atoms with E-state index in [9.17, 15) is 13.2 Å². The average molecular weight is 414 g/mol. The zero-order valence-corrected chi connectivity index (χ0v) is 16.8. The van der Waals surface area contributed by atoms with Gasteiger partial charge in [0.25, 0.3) is 0 Å². The predicted octanol–water partition coefficient (Wildman–Crippen LogP) is 2.91. The van der Waals surface area contributed by atoms with Gasteiger partial charge in [-0.15, -0.1) is 12.4 Å². The number of benzene rings is 2. The van der Waals surface area contributed by atoms with Crippen molar-refractivity contribution in [2.75, 3.05) is 22.9 Å². The van der Waals surface area contributed by atoms with Gasteiger partial charge < -0.3 is 15.8 Å². The number of nitrogens with two attached hydrogens (primary N) is 1. The molecule has 0 radical (unpaired) electrons. The van der Waals surface area contributed by atoms with Gasteiger partial charge in [-0.2, -0.15) is 0 Å². The molecule has 0 aliphatic rings. The summed E-state index contributed by atoms with van der Waals surface area (Å²) in [5, 5.41) is 2.75. The molecule has 1 unspecified atom stereocenters. The molecule has 0 fully saturated rings. The number of amides is 1. The van der Waals surface area contributed by atoms with Crippen molar-refractivity contribution in [1.82, 2.24) is 0 Å². The molecule has 0 spiro atoms. The Bertz CT molecular complexity index is 860. The summed E-state index contributed by atoms with van der Waals surface area (Å²) in [7, 11) is -1.99. The second kappa shape index (κ2) is 10.1. The number of anilines is 2. The molecule has 0 bridgehead atoms. The van der Waals surface area contributed by atoms with Crippen LogP contribution in [0.2, 0.25) is 0 Å². The van der Waals surface area contributed by atoms with E-state index in [1.807, 2.05) is 30.3 Å². The molecule has 0 aliphatic carbocycles. The first kappa shape index (κ1) is 22.8. The molecule has 27 heavy (non-hydrogen) atoms. The summed E-state index contributed by atoms with van der Waals surface area (Å²) in [6.07, 6.45) is 0.122. The zero-order chi connectivity index (χ0) is 19.2. The number of carbonyl (C=O) groups excluding carboxylic acids is 1. The molecule has 0 aliphatic heterocycles. The third-order valence-corrected chi connectivity index (χ3v) is 5.05. The first-order chi connectivity index (χ1) is 12.3. The maximum Gasteiger partial charge on any atom is 0.232 e. The van der Waals surface area contributed by atoms with Crippen LogP contribution in [0.5, 0.6) is 5.75 Å². The fourth-order valence-electron chi connectivity index (χ4n) is 2.32. The fourth-order valence-corrected chi connectivity index (χ4v) is 2.97. The van der Waals surface area contributed by atoms with Gasteiger partial charge in [0.2, 0.25) is 15.9 Å². The quantitative estimate of drug-likeness (QED) is 0.616. The Morgan fingerprint density at radius 1 is 1.19 bits per heavy atom. The van der Waals surface area contributed by atoms with E-state index in [-0.39, 0.29) is 30.5 Å². The number of carbonyl (C=O) groups is 1. The Balaban J connectivity index is 0.00000364. The smallest absolute Gasteiger partial charge is 0.232 e. The second-order valence-electron chi connectivity index (χ2n) is 5.69. The van der Waals surface area contributed by atoms with E-state index in [4.69, 9.17) is 10.5 Å². The molecular weight excluding hydrogens is 390 g/mol. The summed E-state index contributed by atoms with van der Waals surface area (Å²) in [5.41, 5.74) is 7.74. The van der Waals surface area contributed by atoms with E-state index in [0.717, 1.165) is 5.56 Å². The molecule has 0 saturated heterocycles. The number of methoxy groups -OCH3 is 1. The molecular formula is C18H24ClN3O4S. The van der Waals surface area contributed by atoms with E-state index in [1.54, 1.807) is 25.1 Å². The molecule has 0 saturated carbocycles. The van der Waals surface area contributed by atoms with Gasteiger partial charge in [-0.05, 0) is 24.6 Å². The molecule has 0 aromatic heterocycles. The molecule has 7 nitrogen and oxygen atoms in total. The van der Waals surface area contributed by atoms with Crippen molar-refractivity contribution in [2.24, 2.45) is 5.73 Å². The van der Waals surface area contributed by atoms with E-state index in [0.29, 0.717) is 17.1 Å². The van der Waals surface area contributed by atoms with Gasteiger partial charge in [0.05, 0.1) is 18.6 Å². The monoisotopic (exact) mass is 413 g/mol. The number of sulfonamides is 1. The number of halogens is 1. The number of ether oxygens (including phenoxy) is 1. The Labute approximate surface area is 165 Å². The van der Waals surface area contributed by atoms with E-state index in [1.165, 1.54) is 7.11 Å². The maximum atomic E-state index is 12.2. The highest BCUT2D eigenvalue weighted by molar-refractivity contribution is 7.92. The lowest BCUT2D eigenvalue weighted by molar-refractivity contribution is -0.116. The van der Waals surface area contributed by atoms with E-state index in [2.05, 4.69) is 10.0 Å². The van der Waals surface area contributed by atoms with Gasteiger partial charge in [-0.3, -0.25) is 9.52 Å². The molecule has 9 heteroatoms. The number of rotatable bonds is 8. The van der Waals surface area contributed by atoms with Gasteiger partial charge >= 0.3 is 0 Å². The van der Waals surface area contributed by atoms with Crippen LogP contribution >= 0.6 is 12.4 Å². The van der Waals surface area contributed by atoms with Gasteiger partial charge in [0, 0.05) is 24.2 Å². The highest BCUT2D eigenvalue weighted by atomic mass is 35.5. The van der Waals surface area contributed by atoms with Crippen molar-refractivity contribution in [2.45, 2.75) is 19.4 Å².